The molecule has 0 aliphatic carbocycles. The zero-order chi connectivity index (χ0) is 45.3. The van der Waals surface area contributed by atoms with Gasteiger partial charge in [-0.05, 0) is 66.2 Å². The van der Waals surface area contributed by atoms with Crippen molar-refractivity contribution in [3.63, 3.8) is 0 Å². The molecule has 0 aliphatic rings. The molecule has 0 rings (SSSR count). The van der Waals surface area contributed by atoms with Crippen LogP contribution in [0.5, 0.6) is 0 Å². The van der Waals surface area contributed by atoms with Gasteiger partial charge < -0.3 is 61.1 Å². The monoisotopic (exact) mass is 851 g/mol. The molecule has 338 valence electrons. The molecule has 0 heterocycles. The lowest BCUT2D eigenvalue weighted by Gasteiger charge is -2.28. The molecule has 0 aromatic carbocycles. The fourth-order valence-electron chi connectivity index (χ4n) is 5.35. The van der Waals surface area contributed by atoms with E-state index in [1.165, 1.54) is 0 Å². The molecule has 19 heteroatoms. The maximum Gasteiger partial charge on any atom is 0.500 e. The molecule has 56 heavy (non-hydrogen) atoms. The number of aliphatic hydroxyl groups excluding tert-OH is 3. The summed E-state index contributed by atoms with van der Waals surface area (Å²) in [6.45, 7) is 11.7. The molecular formula is C37H82N2O15Si2. The third-order valence-corrected chi connectivity index (χ3v) is 14.4. The molecule has 2 amide bonds. The molecule has 0 aliphatic heterocycles. The van der Waals surface area contributed by atoms with E-state index in [0.717, 1.165) is 21.3 Å². The van der Waals surface area contributed by atoms with E-state index in [0.29, 0.717) is 50.6 Å². The third kappa shape index (κ3) is 24.7. The Morgan fingerprint density at radius 3 is 0.929 bits per heavy atom. The minimum atomic E-state index is -2.64. The summed E-state index contributed by atoms with van der Waals surface area (Å²) in [4.78, 5) is 52.3. The third-order valence-electron chi connectivity index (χ3n) is 8.77. The number of aliphatic hydroxyl groups is 3. The Hall–Kier alpha value is -2.05. The summed E-state index contributed by atoms with van der Waals surface area (Å²) in [5, 5.41) is 21.0. The molecule has 2 atom stereocenters. The minimum Gasteiger partial charge on any atom is -0.465 e. The van der Waals surface area contributed by atoms with Crippen LogP contribution in [0.3, 0.4) is 0 Å². The highest BCUT2D eigenvalue weighted by Crippen LogP contribution is 2.31. The van der Waals surface area contributed by atoms with Gasteiger partial charge in [-0.1, -0.05) is 13.8 Å². The highest BCUT2D eigenvalue weighted by molar-refractivity contribution is 6.60. The van der Waals surface area contributed by atoms with Gasteiger partial charge in [0.15, 0.2) is 0 Å². The van der Waals surface area contributed by atoms with Crippen molar-refractivity contribution in [1.82, 2.24) is 9.80 Å². The average Bonchev–Trinajstić information content (AvgIpc) is 3.21. The summed E-state index contributed by atoms with van der Waals surface area (Å²) < 4.78 is 42.9. The van der Waals surface area contributed by atoms with Crippen molar-refractivity contribution in [2.24, 2.45) is 22.7 Å². The van der Waals surface area contributed by atoms with Gasteiger partial charge in [0.05, 0.1) is 24.0 Å². The lowest BCUT2D eigenvalue weighted by Crippen LogP contribution is -2.43. The van der Waals surface area contributed by atoms with Gasteiger partial charge in [0.1, 0.15) is 0 Å². The second kappa shape index (κ2) is 34.9. The van der Waals surface area contributed by atoms with Crippen LogP contribution in [0.4, 0.5) is 0 Å². The lowest BCUT2D eigenvalue weighted by molar-refractivity contribution is -0.156. The van der Waals surface area contributed by atoms with Crippen molar-refractivity contribution in [3.8, 4) is 0 Å². The maximum absolute atomic E-state index is 12.4. The van der Waals surface area contributed by atoms with E-state index < -0.39 is 28.4 Å². The van der Waals surface area contributed by atoms with E-state index in [-0.39, 0.29) is 48.8 Å². The van der Waals surface area contributed by atoms with E-state index in [9.17, 15) is 19.2 Å². The van der Waals surface area contributed by atoms with Crippen molar-refractivity contribution in [3.05, 3.63) is 0 Å². The van der Waals surface area contributed by atoms with Crippen molar-refractivity contribution in [2.75, 3.05) is 105 Å². The topological polar surface area (TPSA) is 209 Å². The zero-order valence-electron chi connectivity index (χ0n) is 38.4. The van der Waals surface area contributed by atoms with Crippen LogP contribution in [0.15, 0.2) is 0 Å². The molecule has 0 fully saturated rings. The Labute approximate surface area is 341 Å². The number of hydrogen-bond donors (Lipinski definition) is 3. The largest absolute Gasteiger partial charge is 0.500 e. The van der Waals surface area contributed by atoms with Gasteiger partial charge >= 0.3 is 29.5 Å². The number of rotatable bonds is 24. The number of carbonyl (C=O) groups excluding carboxylic acids is 4. The second-order valence-corrected chi connectivity index (χ2v) is 20.1. The molecule has 17 nitrogen and oxygen atoms in total. The predicted molar refractivity (Wildman–Crippen MR) is 221 cm³/mol. The van der Waals surface area contributed by atoms with Gasteiger partial charge in [-0.3, -0.25) is 19.2 Å². The number of amides is 2. The van der Waals surface area contributed by atoms with Crippen LogP contribution in [0.25, 0.3) is 0 Å². The van der Waals surface area contributed by atoms with Gasteiger partial charge in [-0.25, -0.2) is 0 Å². The summed E-state index contributed by atoms with van der Waals surface area (Å²) >= 11 is 0. The Kier molecular flexibility index (Phi) is 39.4. The van der Waals surface area contributed by atoms with Crippen LogP contribution < -0.4 is 0 Å². The highest BCUT2D eigenvalue weighted by atomic mass is 28.4. The number of esters is 2. The first-order valence-electron chi connectivity index (χ1n) is 18.6. The summed E-state index contributed by atoms with van der Waals surface area (Å²) in [6.07, 6.45) is 3.50. The first-order chi connectivity index (χ1) is 26.2. The van der Waals surface area contributed by atoms with Gasteiger partial charge in [0, 0.05) is 116 Å². The normalized spacial score (nSPS) is 12.3. The van der Waals surface area contributed by atoms with Gasteiger partial charge in [-0.2, -0.15) is 0 Å². The van der Waals surface area contributed by atoms with Gasteiger partial charge in [0.2, 0.25) is 11.8 Å². The van der Waals surface area contributed by atoms with Crippen LogP contribution in [-0.2, 0) is 55.2 Å². The van der Waals surface area contributed by atoms with Crippen LogP contribution in [-0.4, -0.2) is 172 Å². The van der Waals surface area contributed by atoms with E-state index in [1.807, 2.05) is 41.5 Å². The first-order valence-corrected chi connectivity index (χ1v) is 22.5. The standard InChI is InChI=1S/2C17H35NO6Si.3CH4O/c2*1-9-14(15(19)18(4)5)13-17(2,3)16(20)24-11-10-12-25(21-6,22-7)23-8;3*1-2/h2*14H,9-13H2,1-8H3;3*2H,1H3. The maximum atomic E-state index is 12.4. The van der Waals surface area contributed by atoms with E-state index in [1.54, 1.807) is 80.6 Å². The fraction of sp³-hybridized carbons (Fsp3) is 0.892. The Balaban J connectivity index is -0.000000273. The van der Waals surface area contributed by atoms with Crippen molar-refractivity contribution >= 4 is 41.4 Å². The highest BCUT2D eigenvalue weighted by Gasteiger charge is 2.40. The summed E-state index contributed by atoms with van der Waals surface area (Å²) in [5.74, 6) is -0.880. The van der Waals surface area contributed by atoms with E-state index in [2.05, 4.69) is 0 Å². The first kappa shape index (κ1) is 63.1. The smallest absolute Gasteiger partial charge is 0.465 e. The van der Waals surface area contributed by atoms with Crippen LogP contribution >= 0.6 is 0 Å². The summed E-state index contributed by atoms with van der Waals surface area (Å²) in [6, 6.07) is 1.14. The van der Waals surface area contributed by atoms with E-state index in [4.69, 9.17) is 51.3 Å². The molecule has 0 bridgehead atoms. The van der Waals surface area contributed by atoms with Crippen LogP contribution in [0.1, 0.15) is 80.1 Å². The second-order valence-electron chi connectivity index (χ2n) is 13.9. The molecule has 0 spiro atoms. The van der Waals surface area contributed by atoms with Crippen LogP contribution in [0.2, 0.25) is 12.1 Å². The molecular weight excluding hydrogens is 769 g/mol. The van der Waals surface area contributed by atoms with Gasteiger partial charge in [-0.15, -0.1) is 0 Å². The van der Waals surface area contributed by atoms with Crippen molar-refractivity contribution < 1.29 is 70.5 Å². The molecule has 0 aromatic rings. The van der Waals surface area contributed by atoms with Crippen LogP contribution in [0, 0.1) is 22.7 Å². The molecule has 0 saturated heterocycles. The SMILES string of the molecule is CCC(CC(C)(C)C(=O)OCCC[Si](OC)(OC)OC)C(=O)N(C)C.CCC(CC(C)(C)C(=O)OCCC[Si](OC)(OC)OC)C(=O)N(C)C.CO.CO.CO. The molecule has 0 aromatic heterocycles. The Morgan fingerprint density at radius 2 is 0.750 bits per heavy atom. The summed E-state index contributed by atoms with van der Waals surface area (Å²) in [5.41, 5.74) is -1.44. The van der Waals surface area contributed by atoms with Gasteiger partial charge in [0.25, 0.3) is 0 Å². The molecule has 0 radical (unpaired) electrons. The lowest BCUT2D eigenvalue weighted by atomic mass is 9.81. The fourth-order valence-corrected chi connectivity index (χ4v) is 8.73. The zero-order valence-corrected chi connectivity index (χ0v) is 40.4. The quantitative estimate of drug-likeness (QED) is 0.0722. The molecule has 0 saturated carbocycles. The minimum absolute atomic E-state index is 0.0412. The molecule has 3 N–H and O–H groups in total. The van der Waals surface area contributed by atoms with Crippen molar-refractivity contribution in [1.29, 1.82) is 0 Å². The average molecular weight is 851 g/mol. The van der Waals surface area contributed by atoms with Crippen molar-refractivity contribution in [2.45, 2.75) is 92.2 Å². The Bertz CT molecular complexity index is 916. The number of ether oxygens (including phenoxy) is 2. The number of hydrogen-bond acceptors (Lipinski definition) is 15. The number of carbonyl (C=O) groups is 4. The van der Waals surface area contributed by atoms with E-state index >= 15 is 0 Å². The Morgan fingerprint density at radius 1 is 0.518 bits per heavy atom. The molecule has 2 unspecified atom stereocenters. The predicted octanol–water partition coefficient (Wildman–Crippen LogP) is 3.48. The summed E-state index contributed by atoms with van der Waals surface area (Å²) in [7, 11) is 14.0. The number of nitrogens with zero attached hydrogens (tertiary/aromatic N) is 2.